The van der Waals surface area contributed by atoms with Gasteiger partial charge in [0.2, 0.25) is 5.91 Å². The van der Waals surface area contributed by atoms with Crippen molar-refractivity contribution in [2.24, 2.45) is 10.8 Å². The van der Waals surface area contributed by atoms with Gasteiger partial charge in [-0.1, -0.05) is 27.7 Å². The van der Waals surface area contributed by atoms with Gasteiger partial charge in [-0.3, -0.25) is 14.9 Å². The van der Waals surface area contributed by atoms with Gasteiger partial charge in [-0.25, -0.2) is 0 Å². The number of amides is 1. The van der Waals surface area contributed by atoms with Crippen LogP contribution < -0.4 is 5.32 Å². The van der Waals surface area contributed by atoms with Crippen LogP contribution in [0.2, 0.25) is 0 Å². The number of aliphatic carboxylic acids is 1. The largest absolute Gasteiger partial charge is 0.616 e. The first kappa shape index (κ1) is 27.0. The first-order valence-electron chi connectivity index (χ1n) is 9.46. The summed E-state index contributed by atoms with van der Waals surface area (Å²) in [7, 11) is 0. The lowest BCUT2D eigenvalue weighted by Gasteiger charge is -2.25. The number of rotatable bonds is 15. The molecule has 0 spiro atoms. The molecule has 0 heterocycles. The molecule has 0 fully saturated rings. The molecule has 0 aromatic rings. The summed E-state index contributed by atoms with van der Waals surface area (Å²) in [6.07, 6.45) is 4.50. The van der Waals surface area contributed by atoms with Crippen molar-refractivity contribution in [1.82, 2.24) is 5.32 Å². The second kappa shape index (κ2) is 13.3. The average molecular weight is 435 g/mol. The van der Waals surface area contributed by atoms with Gasteiger partial charge in [-0.2, -0.15) is 5.26 Å². The Hall–Kier alpha value is -0.950. The minimum absolute atomic E-state index is 0.109. The van der Waals surface area contributed by atoms with Gasteiger partial charge in [0.15, 0.2) is 6.19 Å². The molecule has 0 saturated carbocycles. The zero-order valence-electron chi connectivity index (χ0n) is 17.4. The molecule has 0 aliphatic heterocycles. The number of nitrogens with zero attached hydrogens (tertiary/aromatic N) is 1. The molecule has 0 aliphatic carbocycles. The molecule has 2 N–H and O–H groups in total. The van der Waals surface area contributed by atoms with Crippen molar-refractivity contribution in [3.05, 3.63) is 0 Å². The van der Waals surface area contributed by atoms with Gasteiger partial charge in [0.1, 0.15) is 23.0 Å². The number of nitrogens with one attached hydrogen (secondary N) is 1. The molecule has 0 bridgehead atoms. The zero-order chi connectivity index (χ0) is 21.8. The fourth-order valence-electron chi connectivity index (χ4n) is 2.44. The van der Waals surface area contributed by atoms with Crippen molar-refractivity contribution < 1.29 is 23.8 Å². The van der Waals surface area contributed by atoms with Crippen molar-refractivity contribution in [1.29, 1.82) is 5.26 Å². The highest BCUT2D eigenvalue weighted by molar-refractivity contribution is 7.95. The zero-order valence-corrected chi connectivity index (χ0v) is 19.0. The number of hydrogen-bond acceptors (Lipinski definition) is 5. The first-order chi connectivity index (χ1) is 12.9. The van der Waals surface area contributed by atoms with Gasteiger partial charge < -0.3 is 14.2 Å². The molecule has 7 nitrogen and oxygen atoms in total. The van der Waals surface area contributed by atoms with Gasteiger partial charge in [-0.05, 0) is 58.9 Å². The summed E-state index contributed by atoms with van der Waals surface area (Å²) in [6, 6.07) is 0. The van der Waals surface area contributed by atoms with Crippen LogP contribution in [0.1, 0.15) is 66.2 Å². The van der Waals surface area contributed by atoms with E-state index in [0.717, 1.165) is 0 Å². The normalized spacial score (nSPS) is 14.2. The van der Waals surface area contributed by atoms with Gasteiger partial charge in [0, 0.05) is 12.8 Å². The summed E-state index contributed by atoms with van der Waals surface area (Å²) >= 11 is -2.12. The predicted octanol–water partition coefficient (Wildman–Crippen LogP) is 2.56. The molecule has 2 atom stereocenters. The van der Waals surface area contributed by atoms with Gasteiger partial charge in [-0.15, -0.1) is 0 Å². The molecular weight excluding hydrogens is 400 g/mol. The number of carbonyl (C=O) groups is 2. The van der Waals surface area contributed by atoms with Crippen LogP contribution in [-0.2, 0) is 31.9 Å². The summed E-state index contributed by atoms with van der Waals surface area (Å²) in [5.74, 6) is 0.619. The van der Waals surface area contributed by atoms with Crippen LogP contribution in [0.5, 0.6) is 0 Å². The average Bonchev–Trinajstić information content (AvgIpc) is 2.60. The van der Waals surface area contributed by atoms with E-state index in [1.54, 1.807) is 6.19 Å². The highest BCUT2D eigenvalue weighted by Gasteiger charge is 2.25. The highest BCUT2D eigenvalue weighted by atomic mass is 32.2. The van der Waals surface area contributed by atoms with Crippen LogP contribution in [-0.4, -0.2) is 49.1 Å². The van der Waals surface area contributed by atoms with Gasteiger partial charge >= 0.3 is 5.97 Å². The maximum Gasteiger partial charge on any atom is 0.303 e. The lowest BCUT2D eigenvalue weighted by molar-refractivity contribution is -0.137. The molecule has 2 unspecified atom stereocenters. The van der Waals surface area contributed by atoms with Crippen LogP contribution in [0.25, 0.3) is 0 Å². The number of nitriles is 1. The Morgan fingerprint density at radius 3 is 1.71 bits per heavy atom. The van der Waals surface area contributed by atoms with Crippen LogP contribution in [0.3, 0.4) is 0 Å². The number of carbonyl (C=O) groups excluding carboxylic acids is 1. The van der Waals surface area contributed by atoms with Crippen LogP contribution in [0.4, 0.5) is 0 Å². The topological polar surface area (TPSA) is 136 Å². The van der Waals surface area contributed by atoms with Crippen molar-refractivity contribution >= 4 is 34.2 Å². The van der Waals surface area contributed by atoms with Crippen molar-refractivity contribution in [3.8, 4) is 6.19 Å². The molecular formula is C19H34N2O5S2. The van der Waals surface area contributed by atoms with E-state index in [-0.39, 0.29) is 29.6 Å². The van der Waals surface area contributed by atoms with E-state index < -0.39 is 28.3 Å². The Kier molecular flexibility index (Phi) is 12.9. The Morgan fingerprint density at radius 2 is 1.32 bits per heavy atom. The summed E-state index contributed by atoms with van der Waals surface area (Å²) in [5, 5.41) is 19.3. The standard InChI is InChI=1S/C19H34N2O5S2/c1-18(2,7-5-16(22)21-15-20)9-11-27(25)13-14-28(26)12-10-19(3,4)8-6-17(23)24/h5-14H2,1-4H3,(H,21,22)(H,23,24). The van der Waals surface area contributed by atoms with Crippen molar-refractivity contribution in [2.75, 3.05) is 23.0 Å². The maximum absolute atomic E-state index is 12.2. The Bertz CT molecular complexity index is 535. The third-order valence-electron chi connectivity index (χ3n) is 4.79. The van der Waals surface area contributed by atoms with E-state index in [1.807, 2.05) is 27.7 Å². The van der Waals surface area contributed by atoms with E-state index in [4.69, 9.17) is 10.4 Å². The van der Waals surface area contributed by atoms with Crippen LogP contribution >= 0.6 is 0 Å². The Balaban J connectivity index is 4.06. The molecule has 0 saturated heterocycles. The van der Waals surface area contributed by atoms with E-state index in [0.29, 0.717) is 48.7 Å². The van der Waals surface area contributed by atoms with E-state index in [1.165, 1.54) is 0 Å². The SMILES string of the molecule is CC(C)(CCC(=O)O)CC[S+]([O-])CC[S+]([O-])CCC(C)(C)CCC(=O)NC#N. The molecule has 1 amide bonds. The molecule has 9 heteroatoms. The van der Waals surface area contributed by atoms with Crippen LogP contribution in [0, 0.1) is 22.3 Å². The second-order valence-electron chi connectivity index (χ2n) is 8.58. The summed E-state index contributed by atoms with van der Waals surface area (Å²) in [4.78, 5) is 22.0. The molecule has 0 rings (SSSR count). The van der Waals surface area contributed by atoms with E-state index >= 15 is 0 Å². The monoisotopic (exact) mass is 434 g/mol. The molecule has 0 aromatic heterocycles. The number of carboxylic acid groups (broad SMARTS) is 1. The third-order valence-corrected chi connectivity index (χ3v) is 7.69. The fraction of sp³-hybridized carbons (Fsp3) is 0.842. The summed E-state index contributed by atoms with van der Waals surface area (Å²) < 4.78 is 24.4. The van der Waals surface area contributed by atoms with Crippen LogP contribution in [0.15, 0.2) is 0 Å². The van der Waals surface area contributed by atoms with Crippen molar-refractivity contribution in [3.63, 3.8) is 0 Å². The Labute approximate surface area is 175 Å². The molecule has 0 radical (unpaired) electrons. The highest BCUT2D eigenvalue weighted by Crippen LogP contribution is 2.28. The molecule has 0 aliphatic rings. The maximum atomic E-state index is 12.2. The van der Waals surface area contributed by atoms with Gasteiger partial charge in [0.05, 0.1) is 0 Å². The van der Waals surface area contributed by atoms with E-state index in [9.17, 15) is 18.7 Å². The predicted molar refractivity (Wildman–Crippen MR) is 112 cm³/mol. The summed E-state index contributed by atoms with van der Waals surface area (Å²) in [6.45, 7) is 7.96. The summed E-state index contributed by atoms with van der Waals surface area (Å²) in [5.41, 5.74) is -0.329. The van der Waals surface area contributed by atoms with E-state index in [2.05, 4.69) is 5.32 Å². The smallest absolute Gasteiger partial charge is 0.303 e. The lowest BCUT2D eigenvalue weighted by atomic mass is 9.85. The minimum Gasteiger partial charge on any atom is -0.616 e. The lowest BCUT2D eigenvalue weighted by Crippen LogP contribution is -2.27. The van der Waals surface area contributed by atoms with Gasteiger partial charge in [0.25, 0.3) is 0 Å². The van der Waals surface area contributed by atoms with Crippen molar-refractivity contribution in [2.45, 2.75) is 66.2 Å². The third kappa shape index (κ3) is 15.0. The first-order valence-corrected chi connectivity index (χ1v) is 12.4. The molecule has 28 heavy (non-hydrogen) atoms. The number of hydrogen-bond donors (Lipinski definition) is 2. The number of carboxylic acids is 1. The molecule has 0 aromatic carbocycles. The Morgan fingerprint density at radius 1 is 0.893 bits per heavy atom. The fourth-order valence-corrected chi connectivity index (χ4v) is 5.90. The minimum atomic E-state index is -1.06. The quantitative estimate of drug-likeness (QED) is 0.231. The molecule has 162 valence electrons. The second-order valence-corrected chi connectivity index (χ2v) is 12.0.